The van der Waals surface area contributed by atoms with Crippen LogP contribution in [0.25, 0.3) is 0 Å². The Balaban J connectivity index is 2.22. The van der Waals surface area contributed by atoms with E-state index in [9.17, 15) is 0 Å². The molecule has 1 aliphatic carbocycles. The van der Waals surface area contributed by atoms with Crippen LogP contribution in [-0.4, -0.2) is 26.2 Å². The zero-order valence-corrected chi connectivity index (χ0v) is 11.4. The van der Waals surface area contributed by atoms with Crippen LogP contribution in [0.1, 0.15) is 52.9 Å². The van der Waals surface area contributed by atoms with Gasteiger partial charge >= 0.3 is 0 Å². The fraction of sp³-hybridized carbons (Fsp3) is 1.00. The Morgan fingerprint density at radius 3 is 2.25 bits per heavy atom. The zero-order chi connectivity index (χ0) is 11.9. The molecule has 0 aliphatic heterocycles. The van der Waals surface area contributed by atoms with Crippen LogP contribution in [0, 0.1) is 11.3 Å². The van der Waals surface area contributed by atoms with E-state index in [4.69, 9.17) is 0 Å². The van der Waals surface area contributed by atoms with E-state index in [1.54, 1.807) is 0 Å². The highest BCUT2D eigenvalue weighted by atomic mass is 14.9. The maximum absolute atomic E-state index is 3.65. The molecule has 2 N–H and O–H groups in total. The summed E-state index contributed by atoms with van der Waals surface area (Å²) < 4.78 is 0. The van der Waals surface area contributed by atoms with Crippen LogP contribution < -0.4 is 10.6 Å². The molecule has 0 unspecified atom stereocenters. The lowest BCUT2D eigenvalue weighted by molar-refractivity contribution is 0.224. The largest absolute Gasteiger partial charge is 0.316 e. The molecule has 0 saturated heterocycles. The fourth-order valence-electron chi connectivity index (χ4n) is 3.15. The molecule has 0 spiro atoms. The summed E-state index contributed by atoms with van der Waals surface area (Å²) >= 11 is 0. The molecule has 0 amide bonds. The number of nitrogens with one attached hydrogen (secondary N) is 2. The lowest BCUT2D eigenvalue weighted by Crippen LogP contribution is -2.36. The third-order valence-corrected chi connectivity index (χ3v) is 3.73. The van der Waals surface area contributed by atoms with Crippen molar-refractivity contribution in [3.63, 3.8) is 0 Å². The first-order valence-corrected chi connectivity index (χ1v) is 7.10. The van der Waals surface area contributed by atoms with E-state index in [-0.39, 0.29) is 0 Å². The maximum Gasteiger partial charge on any atom is 0.00769 e. The number of hydrogen-bond donors (Lipinski definition) is 2. The molecule has 16 heavy (non-hydrogen) atoms. The van der Waals surface area contributed by atoms with Crippen molar-refractivity contribution in [3.8, 4) is 0 Å². The SMILES string of the molecule is CCNCCNCC1(CC(C)C)CCCC1. The summed E-state index contributed by atoms with van der Waals surface area (Å²) in [6.07, 6.45) is 7.18. The molecule has 2 nitrogen and oxygen atoms in total. The van der Waals surface area contributed by atoms with Crippen LogP contribution in [-0.2, 0) is 0 Å². The van der Waals surface area contributed by atoms with Crippen molar-refractivity contribution in [1.29, 1.82) is 0 Å². The molecule has 1 fully saturated rings. The van der Waals surface area contributed by atoms with Gasteiger partial charge in [0, 0.05) is 19.6 Å². The topological polar surface area (TPSA) is 24.1 Å². The molecule has 0 heterocycles. The second-order valence-electron chi connectivity index (χ2n) is 5.84. The molecule has 0 bridgehead atoms. The van der Waals surface area contributed by atoms with Crippen molar-refractivity contribution in [2.24, 2.45) is 11.3 Å². The van der Waals surface area contributed by atoms with Crippen molar-refractivity contribution in [2.75, 3.05) is 26.2 Å². The van der Waals surface area contributed by atoms with Crippen molar-refractivity contribution in [2.45, 2.75) is 52.9 Å². The monoisotopic (exact) mass is 226 g/mol. The average Bonchev–Trinajstić information content (AvgIpc) is 2.65. The van der Waals surface area contributed by atoms with Gasteiger partial charge in [-0.05, 0) is 37.1 Å². The summed E-state index contributed by atoms with van der Waals surface area (Å²) in [7, 11) is 0. The second-order valence-corrected chi connectivity index (χ2v) is 5.84. The Bertz CT molecular complexity index is 172. The summed E-state index contributed by atoms with van der Waals surface area (Å²) in [6.45, 7) is 11.4. The van der Waals surface area contributed by atoms with Crippen molar-refractivity contribution in [3.05, 3.63) is 0 Å². The number of rotatable bonds is 8. The highest BCUT2D eigenvalue weighted by Gasteiger charge is 2.33. The normalized spacial score (nSPS) is 19.5. The highest BCUT2D eigenvalue weighted by Crippen LogP contribution is 2.42. The lowest BCUT2D eigenvalue weighted by Gasteiger charge is -2.31. The van der Waals surface area contributed by atoms with E-state index >= 15 is 0 Å². The molecule has 0 atom stereocenters. The predicted molar refractivity (Wildman–Crippen MR) is 71.8 cm³/mol. The summed E-state index contributed by atoms with van der Waals surface area (Å²) in [5.74, 6) is 0.841. The molecule has 0 radical (unpaired) electrons. The average molecular weight is 226 g/mol. The summed E-state index contributed by atoms with van der Waals surface area (Å²) in [5, 5.41) is 7.01. The second kappa shape index (κ2) is 7.29. The van der Waals surface area contributed by atoms with Gasteiger partial charge in [0.1, 0.15) is 0 Å². The van der Waals surface area contributed by atoms with Gasteiger partial charge < -0.3 is 10.6 Å². The maximum atomic E-state index is 3.65. The Labute approximate surface area is 102 Å². The van der Waals surface area contributed by atoms with Gasteiger partial charge in [-0.1, -0.05) is 33.6 Å². The van der Waals surface area contributed by atoms with Crippen LogP contribution in [0.2, 0.25) is 0 Å². The molecule has 96 valence electrons. The van der Waals surface area contributed by atoms with Crippen LogP contribution in [0.15, 0.2) is 0 Å². The van der Waals surface area contributed by atoms with Gasteiger partial charge in [-0.15, -0.1) is 0 Å². The van der Waals surface area contributed by atoms with Crippen molar-refractivity contribution in [1.82, 2.24) is 10.6 Å². The molecular formula is C14H30N2. The fourth-order valence-corrected chi connectivity index (χ4v) is 3.15. The Morgan fingerprint density at radius 2 is 1.69 bits per heavy atom. The van der Waals surface area contributed by atoms with Gasteiger partial charge in [0.05, 0.1) is 0 Å². The van der Waals surface area contributed by atoms with E-state index in [1.807, 2.05) is 0 Å². The molecule has 0 aromatic heterocycles. The molecular weight excluding hydrogens is 196 g/mol. The lowest BCUT2D eigenvalue weighted by atomic mass is 9.78. The molecule has 1 aliphatic rings. The summed E-state index contributed by atoms with van der Waals surface area (Å²) in [6, 6.07) is 0. The van der Waals surface area contributed by atoms with Crippen LogP contribution >= 0.6 is 0 Å². The van der Waals surface area contributed by atoms with E-state index < -0.39 is 0 Å². The first kappa shape index (κ1) is 14.0. The van der Waals surface area contributed by atoms with Gasteiger partial charge in [0.15, 0.2) is 0 Å². The van der Waals surface area contributed by atoms with Gasteiger partial charge in [0.2, 0.25) is 0 Å². The van der Waals surface area contributed by atoms with E-state index in [1.165, 1.54) is 38.6 Å². The molecule has 1 saturated carbocycles. The van der Waals surface area contributed by atoms with E-state index in [2.05, 4.69) is 31.4 Å². The first-order valence-electron chi connectivity index (χ1n) is 7.10. The van der Waals surface area contributed by atoms with Gasteiger partial charge in [-0.25, -0.2) is 0 Å². The van der Waals surface area contributed by atoms with Crippen LogP contribution in [0.4, 0.5) is 0 Å². The quantitative estimate of drug-likeness (QED) is 0.622. The van der Waals surface area contributed by atoms with Gasteiger partial charge in [-0.2, -0.15) is 0 Å². The van der Waals surface area contributed by atoms with Gasteiger partial charge in [-0.3, -0.25) is 0 Å². The Hall–Kier alpha value is -0.0800. The van der Waals surface area contributed by atoms with Crippen LogP contribution in [0.5, 0.6) is 0 Å². The minimum Gasteiger partial charge on any atom is -0.316 e. The number of hydrogen-bond acceptors (Lipinski definition) is 2. The Morgan fingerprint density at radius 1 is 1.06 bits per heavy atom. The number of likely N-dealkylation sites (N-methyl/N-ethyl adjacent to an activating group) is 1. The molecule has 2 heteroatoms. The van der Waals surface area contributed by atoms with Crippen molar-refractivity contribution < 1.29 is 0 Å². The van der Waals surface area contributed by atoms with Crippen LogP contribution in [0.3, 0.4) is 0 Å². The first-order chi connectivity index (χ1) is 7.68. The standard InChI is InChI=1S/C14H30N2/c1-4-15-9-10-16-12-14(11-13(2)3)7-5-6-8-14/h13,15-16H,4-12H2,1-3H3. The van der Waals surface area contributed by atoms with E-state index in [0.717, 1.165) is 25.6 Å². The molecule has 0 aromatic carbocycles. The minimum absolute atomic E-state index is 0.625. The smallest absolute Gasteiger partial charge is 0.00769 e. The summed E-state index contributed by atoms with van der Waals surface area (Å²) in [4.78, 5) is 0. The third kappa shape index (κ3) is 4.84. The summed E-state index contributed by atoms with van der Waals surface area (Å²) in [5.41, 5.74) is 0.625. The zero-order valence-electron chi connectivity index (χ0n) is 11.4. The highest BCUT2D eigenvalue weighted by molar-refractivity contribution is 4.87. The predicted octanol–water partition coefficient (Wildman–Crippen LogP) is 2.79. The molecule has 0 aromatic rings. The molecule has 1 rings (SSSR count). The third-order valence-electron chi connectivity index (χ3n) is 3.73. The Kier molecular flexibility index (Phi) is 6.37. The van der Waals surface area contributed by atoms with Gasteiger partial charge in [0.25, 0.3) is 0 Å². The van der Waals surface area contributed by atoms with Crippen molar-refractivity contribution >= 4 is 0 Å². The minimum atomic E-state index is 0.625. The van der Waals surface area contributed by atoms with E-state index in [0.29, 0.717) is 5.41 Å².